The summed E-state index contributed by atoms with van der Waals surface area (Å²) in [5, 5.41) is 5.45. The van der Waals surface area contributed by atoms with Crippen LogP contribution in [0, 0.1) is 0 Å². The molecule has 1 aromatic heterocycles. The van der Waals surface area contributed by atoms with E-state index in [2.05, 4.69) is 26.5 Å². The summed E-state index contributed by atoms with van der Waals surface area (Å²) in [6.07, 6.45) is -3.66. The molecule has 1 unspecified atom stereocenters. The second-order valence-corrected chi connectivity index (χ2v) is 12.2. The summed E-state index contributed by atoms with van der Waals surface area (Å²) in [7, 11) is 0. The molecule has 0 bridgehead atoms. The van der Waals surface area contributed by atoms with Gasteiger partial charge >= 0.3 is 12.1 Å². The number of amides is 1. The molecule has 45 heavy (non-hydrogen) atoms. The molecular formula is C34H31BrF3N3O3S. The molecule has 1 N–H and O–H groups in total. The summed E-state index contributed by atoms with van der Waals surface area (Å²) in [6, 6.07) is 25.2. The van der Waals surface area contributed by atoms with E-state index in [4.69, 9.17) is 4.74 Å². The number of alkyl halides is 4. The maximum atomic E-state index is 14.0. The smallest absolute Gasteiger partial charge is 0.415 e. The van der Waals surface area contributed by atoms with Crippen molar-refractivity contribution < 1.29 is 27.5 Å². The van der Waals surface area contributed by atoms with Gasteiger partial charge in [0.1, 0.15) is 6.04 Å². The number of hydrogen-bond donors (Lipinski definition) is 1. The van der Waals surface area contributed by atoms with Crippen LogP contribution in [0.25, 0.3) is 0 Å². The highest BCUT2D eigenvalue weighted by molar-refractivity contribution is 9.09. The molecule has 1 aliphatic heterocycles. The lowest BCUT2D eigenvalue weighted by Gasteiger charge is -2.33. The maximum absolute atomic E-state index is 14.0. The fourth-order valence-corrected chi connectivity index (χ4v) is 6.87. The number of rotatable bonds is 10. The number of nitrogens with zero attached hydrogens (tertiary/aromatic N) is 2. The van der Waals surface area contributed by atoms with Gasteiger partial charge in [-0.2, -0.15) is 18.3 Å². The second kappa shape index (κ2) is 14.5. The Balaban J connectivity index is 1.46. The monoisotopic (exact) mass is 697 g/mol. The Labute approximate surface area is 272 Å². The van der Waals surface area contributed by atoms with E-state index in [1.54, 1.807) is 13.0 Å². The van der Waals surface area contributed by atoms with Crippen molar-refractivity contribution in [2.24, 2.45) is 5.10 Å². The molecule has 0 radical (unpaired) electrons. The van der Waals surface area contributed by atoms with Gasteiger partial charge in [-0.15, -0.1) is 11.3 Å². The second-order valence-electron chi connectivity index (χ2n) is 10.6. The fraction of sp³-hybridized carbons (Fsp3) is 0.265. The van der Waals surface area contributed by atoms with Crippen LogP contribution < -0.4 is 10.2 Å². The van der Waals surface area contributed by atoms with Crippen molar-refractivity contribution in [3.63, 3.8) is 0 Å². The first kappa shape index (κ1) is 32.6. The first-order chi connectivity index (χ1) is 21.7. The van der Waals surface area contributed by atoms with Gasteiger partial charge < -0.3 is 4.74 Å². The molecular weight excluding hydrogens is 667 g/mol. The van der Waals surface area contributed by atoms with Crippen LogP contribution in [-0.2, 0) is 28.7 Å². The van der Waals surface area contributed by atoms with Crippen LogP contribution in [0.5, 0.6) is 5.06 Å². The minimum absolute atomic E-state index is 0.246. The number of halogens is 4. The highest BCUT2D eigenvalue weighted by Gasteiger charge is 2.34. The molecule has 1 aliphatic rings. The van der Waals surface area contributed by atoms with Crippen molar-refractivity contribution in [3.8, 4) is 5.06 Å². The Bertz CT molecular complexity index is 1600. The zero-order chi connectivity index (χ0) is 32.0. The van der Waals surface area contributed by atoms with E-state index in [0.29, 0.717) is 41.2 Å². The number of ether oxygens (including phenoxy) is 1. The van der Waals surface area contributed by atoms with E-state index in [9.17, 15) is 22.8 Å². The fourth-order valence-electron chi connectivity index (χ4n) is 5.39. The van der Waals surface area contributed by atoms with Crippen LogP contribution in [0.3, 0.4) is 0 Å². The molecule has 1 amide bonds. The summed E-state index contributed by atoms with van der Waals surface area (Å²) in [4.78, 5) is 28.8. The van der Waals surface area contributed by atoms with Crippen LogP contribution in [-0.4, -0.2) is 34.4 Å². The number of fused-ring (bicyclic) bond motifs is 1. The molecule has 1 atom stereocenters. The first-order valence-electron chi connectivity index (χ1n) is 14.4. The third-order valence-electron chi connectivity index (χ3n) is 7.59. The number of hydrogen-bond acceptors (Lipinski definition) is 6. The number of nitrogens with one attached hydrogen (secondary N) is 1. The molecule has 5 rings (SSSR count). The van der Waals surface area contributed by atoms with Crippen molar-refractivity contribution in [3.05, 3.63) is 124 Å². The average Bonchev–Trinajstić information content (AvgIpc) is 3.45. The summed E-state index contributed by atoms with van der Waals surface area (Å²) in [6.45, 7) is 2.54. The van der Waals surface area contributed by atoms with Gasteiger partial charge in [0.05, 0.1) is 11.3 Å². The van der Waals surface area contributed by atoms with Gasteiger partial charge in [-0.25, -0.2) is 5.43 Å². The van der Waals surface area contributed by atoms with Crippen LogP contribution in [0.1, 0.15) is 58.0 Å². The predicted octanol–water partition coefficient (Wildman–Crippen LogP) is 7.88. The SMILES string of the molecule is CCC(=O)Oc1cc2c(s1)CCN(C(C(=O)N/N=C(\CBr)C(c1ccccc1)c1ccccc1)c1ccc(C(F)(F)F)cc1)C2. The number of carbonyl (C=O) groups excluding carboxylic acids is 2. The van der Waals surface area contributed by atoms with E-state index >= 15 is 0 Å². The summed E-state index contributed by atoms with van der Waals surface area (Å²) in [5.41, 5.74) is 5.93. The number of esters is 1. The zero-order valence-electron chi connectivity index (χ0n) is 24.4. The third kappa shape index (κ3) is 7.89. The highest BCUT2D eigenvalue weighted by Crippen LogP contribution is 2.37. The van der Waals surface area contributed by atoms with Gasteiger partial charge in [-0.1, -0.05) is 95.7 Å². The topological polar surface area (TPSA) is 71.0 Å². The lowest BCUT2D eigenvalue weighted by molar-refractivity contribution is -0.137. The highest BCUT2D eigenvalue weighted by atomic mass is 79.9. The van der Waals surface area contributed by atoms with Crippen molar-refractivity contribution in [2.75, 3.05) is 11.9 Å². The molecule has 0 spiro atoms. The van der Waals surface area contributed by atoms with Crippen LogP contribution >= 0.6 is 27.3 Å². The Hall–Kier alpha value is -3.80. The maximum Gasteiger partial charge on any atom is 0.416 e. The van der Waals surface area contributed by atoms with Gasteiger partial charge in [-0.3, -0.25) is 14.5 Å². The molecule has 11 heteroatoms. The largest absolute Gasteiger partial charge is 0.416 e. The molecule has 2 heterocycles. The van der Waals surface area contributed by atoms with Gasteiger partial charge in [-0.05, 0) is 46.9 Å². The van der Waals surface area contributed by atoms with Crippen molar-refractivity contribution >= 4 is 44.9 Å². The lowest BCUT2D eigenvalue weighted by Crippen LogP contribution is -2.41. The quantitative estimate of drug-likeness (QED) is 0.0792. The molecule has 0 fully saturated rings. The summed E-state index contributed by atoms with van der Waals surface area (Å²) < 4.78 is 45.5. The summed E-state index contributed by atoms with van der Waals surface area (Å²) in [5.74, 6) is -1.05. The van der Waals surface area contributed by atoms with E-state index in [1.807, 2.05) is 65.6 Å². The zero-order valence-corrected chi connectivity index (χ0v) is 26.8. The molecule has 0 saturated carbocycles. The molecule has 3 aromatic carbocycles. The van der Waals surface area contributed by atoms with E-state index in [0.717, 1.165) is 33.7 Å². The van der Waals surface area contributed by atoms with Gasteiger partial charge in [0.15, 0.2) is 5.06 Å². The first-order valence-corrected chi connectivity index (χ1v) is 16.4. The van der Waals surface area contributed by atoms with Crippen molar-refractivity contribution in [1.29, 1.82) is 0 Å². The Morgan fingerprint density at radius 2 is 1.60 bits per heavy atom. The molecule has 4 aromatic rings. The Kier molecular flexibility index (Phi) is 10.5. The average molecular weight is 699 g/mol. The standard InChI is InChI=1S/C34H31BrF3N3O3S/c1-2-29(42)44-30-19-25-21-41(18-17-28(25)45-30)32(24-13-15-26(16-14-24)34(36,37)38)33(43)40-39-27(20-35)31(22-9-5-3-6-10-22)23-11-7-4-8-12-23/h3-16,19,31-32H,2,17-18,20-21H2,1H3,(H,40,43)/b39-27+. The Morgan fingerprint density at radius 1 is 0.978 bits per heavy atom. The molecule has 6 nitrogen and oxygen atoms in total. The summed E-state index contributed by atoms with van der Waals surface area (Å²) >= 11 is 4.95. The minimum Gasteiger partial charge on any atom is -0.415 e. The van der Waals surface area contributed by atoms with Crippen LogP contribution in [0.2, 0.25) is 0 Å². The van der Waals surface area contributed by atoms with Crippen molar-refractivity contribution in [1.82, 2.24) is 10.3 Å². The molecule has 0 aliphatic carbocycles. The van der Waals surface area contributed by atoms with E-state index in [-0.39, 0.29) is 18.3 Å². The number of benzene rings is 3. The third-order valence-corrected chi connectivity index (χ3v) is 9.28. The molecule has 234 valence electrons. The number of carbonyl (C=O) groups is 2. The molecule has 0 saturated heterocycles. The van der Waals surface area contributed by atoms with Gasteiger partial charge in [0.25, 0.3) is 5.91 Å². The number of hydrazone groups is 1. The van der Waals surface area contributed by atoms with Gasteiger partial charge in [0, 0.05) is 35.6 Å². The normalized spacial score (nSPS) is 14.6. The van der Waals surface area contributed by atoms with Crippen LogP contribution in [0.15, 0.2) is 96.1 Å². The number of thiophene rings is 1. The van der Waals surface area contributed by atoms with Crippen LogP contribution in [0.4, 0.5) is 13.2 Å². The predicted molar refractivity (Wildman–Crippen MR) is 173 cm³/mol. The minimum atomic E-state index is -4.50. The lowest BCUT2D eigenvalue weighted by atomic mass is 9.88. The van der Waals surface area contributed by atoms with E-state index in [1.165, 1.54) is 23.5 Å². The van der Waals surface area contributed by atoms with Gasteiger partial charge in [0.2, 0.25) is 0 Å². The van der Waals surface area contributed by atoms with E-state index < -0.39 is 23.7 Å². The van der Waals surface area contributed by atoms with Crippen molar-refractivity contribution in [2.45, 2.75) is 44.4 Å². The Morgan fingerprint density at radius 3 is 2.16 bits per heavy atom.